The molecule has 1 saturated carbocycles. The van der Waals surface area contributed by atoms with E-state index in [2.05, 4.69) is 21.8 Å². The maximum atomic E-state index is 5.04. The van der Waals surface area contributed by atoms with E-state index in [0.717, 1.165) is 25.6 Å². The Balaban J connectivity index is 1.90. The second kappa shape index (κ2) is 6.90. The van der Waals surface area contributed by atoms with Crippen molar-refractivity contribution in [3.63, 3.8) is 0 Å². The first kappa shape index (κ1) is 13.6. The van der Waals surface area contributed by atoms with Gasteiger partial charge in [-0.25, -0.2) is 4.98 Å². The number of rotatable bonds is 6. The van der Waals surface area contributed by atoms with Gasteiger partial charge in [-0.3, -0.25) is 0 Å². The summed E-state index contributed by atoms with van der Waals surface area (Å²) in [5.41, 5.74) is 1.30. The molecule has 2 rings (SSSR count). The number of nitrogens with zero attached hydrogens (tertiary/aromatic N) is 2. The average Bonchev–Trinajstić information content (AvgIpc) is 2.83. The molecule has 0 spiro atoms. The predicted molar refractivity (Wildman–Crippen MR) is 72.5 cm³/mol. The van der Waals surface area contributed by atoms with Gasteiger partial charge in [-0.2, -0.15) is 0 Å². The average molecular weight is 251 g/mol. The van der Waals surface area contributed by atoms with Crippen molar-refractivity contribution in [2.45, 2.75) is 45.2 Å². The van der Waals surface area contributed by atoms with Crippen molar-refractivity contribution in [1.29, 1.82) is 0 Å². The number of nitrogens with one attached hydrogen (secondary N) is 1. The van der Waals surface area contributed by atoms with Gasteiger partial charge in [0.05, 0.1) is 18.6 Å². The molecule has 1 aliphatic rings. The van der Waals surface area contributed by atoms with Crippen LogP contribution in [0.5, 0.6) is 0 Å². The highest BCUT2D eigenvalue weighted by Crippen LogP contribution is 2.32. The van der Waals surface area contributed by atoms with E-state index in [4.69, 9.17) is 4.74 Å². The van der Waals surface area contributed by atoms with E-state index in [9.17, 15) is 0 Å². The fourth-order valence-corrected chi connectivity index (χ4v) is 2.84. The van der Waals surface area contributed by atoms with Gasteiger partial charge in [0.15, 0.2) is 0 Å². The Morgan fingerprint density at radius 2 is 2.39 bits per heavy atom. The lowest BCUT2D eigenvalue weighted by atomic mass is 9.87. The van der Waals surface area contributed by atoms with Crippen LogP contribution in [0.3, 0.4) is 0 Å². The molecule has 0 amide bonds. The number of hydrogen-bond acceptors (Lipinski definition) is 3. The fraction of sp³-hybridized carbons (Fsp3) is 0.786. The Labute approximate surface area is 110 Å². The van der Waals surface area contributed by atoms with Crippen molar-refractivity contribution in [2.75, 3.05) is 20.3 Å². The van der Waals surface area contributed by atoms with E-state index in [1.807, 2.05) is 12.5 Å². The monoisotopic (exact) mass is 251 g/mol. The van der Waals surface area contributed by atoms with Crippen molar-refractivity contribution in [1.82, 2.24) is 14.9 Å². The summed E-state index contributed by atoms with van der Waals surface area (Å²) in [6.45, 7) is 4.89. The molecule has 1 heterocycles. The van der Waals surface area contributed by atoms with E-state index in [0.29, 0.717) is 6.04 Å². The Morgan fingerprint density at radius 1 is 1.50 bits per heavy atom. The topological polar surface area (TPSA) is 39.1 Å². The first-order chi connectivity index (χ1) is 8.81. The molecule has 4 nitrogen and oxygen atoms in total. The van der Waals surface area contributed by atoms with Crippen LogP contribution in [0.1, 0.15) is 44.3 Å². The van der Waals surface area contributed by atoms with Crippen molar-refractivity contribution < 1.29 is 4.74 Å². The summed E-state index contributed by atoms with van der Waals surface area (Å²) < 4.78 is 7.41. The summed E-state index contributed by atoms with van der Waals surface area (Å²) >= 11 is 0. The quantitative estimate of drug-likeness (QED) is 0.789. The van der Waals surface area contributed by atoms with E-state index in [1.54, 1.807) is 7.11 Å². The summed E-state index contributed by atoms with van der Waals surface area (Å²) in [4.78, 5) is 4.31. The lowest BCUT2D eigenvalue weighted by Crippen LogP contribution is -2.23. The minimum atomic E-state index is 0.649. The first-order valence-corrected chi connectivity index (χ1v) is 7.01. The molecule has 0 aliphatic heterocycles. The third-order valence-electron chi connectivity index (χ3n) is 3.84. The van der Waals surface area contributed by atoms with Gasteiger partial charge in [0.2, 0.25) is 0 Å². The fourth-order valence-electron chi connectivity index (χ4n) is 2.84. The molecular formula is C14H25N3O. The summed E-state index contributed by atoms with van der Waals surface area (Å²) in [7, 11) is 1.73. The van der Waals surface area contributed by atoms with Crippen molar-refractivity contribution >= 4 is 0 Å². The lowest BCUT2D eigenvalue weighted by molar-refractivity contribution is 0.198. The molecule has 2 atom stereocenters. The van der Waals surface area contributed by atoms with Gasteiger partial charge >= 0.3 is 0 Å². The molecule has 0 radical (unpaired) electrons. The molecule has 102 valence electrons. The van der Waals surface area contributed by atoms with Crippen molar-refractivity contribution in [3.05, 3.63) is 18.2 Å². The van der Waals surface area contributed by atoms with Crippen molar-refractivity contribution in [3.8, 4) is 0 Å². The van der Waals surface area contributed by atoms with Gasteiger partial charge in [-0.1, -0.05) is 19.8 Å². The number of aromatic nitrogens is 2. The van der Waals surface area contributed by atoms with Gasteiger partial charge in [-0.05, 0) is 18.8 Å². The lowest BCUT2D eigenvalue weighted by Gasteiger charge is -2.29. The number of ether oxygens (including phenoxy) is 1. The van der Waals surface area contributed by atoms with Crippen molar-refractivity contribution in [2.24, 2.45) is 5.92 Å². The molecule has 2 unspecified atom stereocenters. The van der Waals surface area contributed by atoms with Gasteiger partial charge < -0.3 is 14.6 Å². The molecule has 18 heavy (non-hydrogen) atoms. The smallest absolute Gasteiger partial charge is 0.0951 e. The Bertz CT molecular complexity index is 351. The van der Waals surface area contributed by atoms with Crippen LogP contribution in [-0.4, -0.2) is 29.8 Å². The van der Waals surface area contributed by atoms with Crippen LogP contribution < -0.4 is 5.32 Å². The minimum Gasteiger partial charge on any atom is -0.383 e. The zero-order valence-electron chi connectivity index (χ0n) is 11.6. The van der Waals surface area contributed by atoms with E-state index in [1.165, 1.54) is 31.4 Å². The van der Waals surface area contributed by atoms with Gasteiger partial charge in [0.25, 0.3) is 0 Å². The van der Waals surface area contributed by atoms with Gasteiger partial charge in [-0.15, -0.1) is 0 Å². The van der Waals surface area contributed by atoms with Gasteiger partial charge in [0, 0.05) is 32.4 Å². The maximum absolute atomic E-state index is 5.04. The summed E-state index contributed by atoms with van der Waals surface area (Å²) in [6.07, 6.45) is 9.30. The maximum Gasteiger partial charge on any atom is 0.0951 e. The van der Waals surface area contributed by atoms with Crippen LogP contribution in [-0.2, 0) is 11.3 Å². The highest BCUT2D eigenvalue weighted by Gasteiger charge is 2.21. The second-order valence-electron chi connectivity index (χ2n) is 5.39. The highest BCUT2D eigenvalue weighted by molar-refractivity contribution is 5.01. The van der Waals surface area contributed by atoms with Crippen LogP contribution in [0, 0.1) is 5.92 Å². The van der Waals surface area contributed by atoms with E-state index >= 15 is 0 Å². The third-order valence-corrected chi connectivity index (χ3v) is 3.84. The molecule has 4 heteroatoms. The molecule has 0 aromatic carbocycles. The number of hydrogen-bond donors (Lipinski definition) is 1. The SMILES string of the molecule is COCCNCc1cncn1C1CCCC(C)C1. The predicted octanol–water partition coefficient (Wildman–Crippen LogP) is 2.37. The largest absolute Gasteiger partial charge is 0.383 e. The first-order valence-electron chi connectivity index (χ1n) is 7.01. The van der Waals surface area contributed by atoms with Crippen LogP contribution in [0.25, 0.3) is 0 Å². The highest BCUT2D eigenvalue weighted by atomic mass is 16.5. The van der Waals surface area contributed by atoms with E-state index in [-0.39, 0.29) is 0 Å². The minimum absolute atomic E-state index is 0.649. The standard InChI is InChI=1S/C14H25N3O/c1-12-4-3-5-13(8-12)17-11-16-10-14(17)9-15-6-7-18-2/h10-13,15H,3-9H2,1-2H3. The molecule has 1 fully saturated rings. The number of methoxy groups -OCH3 is 1. The van der Waals surface area contributed by atoms with Gasteiger partial charge in [0.1, 0.15) is 0 Å². The number of imidazole rings is 1. The van der Waals surface area contributed by atoms with E-state index < -0.39 is 0 Å². The molecule has 1 aliphatic carbocycles. The Morgan fingerprint density at radius 3 is 3.17 bits per heavy atom. The van der Waals surface area contributed by atoms with Crippen LogP contribution >= 0.6 is 0 Å². The summed E-state index contributed by atoms with van der Waals surface area (Å²) in [6, 6.07) is 0.649. The zero-order chi connectivity index (χ0) is 12.8. The second-order valence-corrected chi connectivity index (χ2v) is 5.39. The summed E-state index contributed by atoms with van der Waals surface area (Å²) in [5.74, 6) is 0.848. The molecule has 0 saturated heterocycles. The molecule has 0 bridgehead atoms. The zero-order valence-corrected chi connectivity index (χ0v) is 11.6. The normalized spacial score (nSPS) is 24.3. The van der Waals surface area contributed by atoms with Crippen LogP contribution in [0.4, 0.5) is 0 Å². The molecular weight excluding hydrogens is 226 g/mol. The summed E-state index contributed by atoms with van der Waals surface area (Å²) in [5, 5.41) is 3.39. The molecule has 1 N–H and O–H groups in total. The third kappa shape index (κ3) is 3.56. The van der Waals surface area contributed by atoms with Crippen LogP contribution in [0.15, 0.2) is 12.5 Å². The Hall–Kier alpha value is -0.870. The van der Waals surface area contributed by atoms with Crippen LogP contribution in [0.2, 0.25) is 0 Å². The Kier molecular flexibility index (Phi) is 5.20. The molecule has 1 aromatic rings. The molecule has 1 aromatic heterocycles.